The Morgan fingerprint density at radius 2 is 2.07 bits per heavy atom. The monoisotopic (exact) mass is 390 g/mol. The molecule has 0 spiro atoms. The standard InChI is InChI=1S/C19H20F2N4O3/c1-11-8-12-2-3-13(20)9-14(12)25(11)16(26)10-15-22-18(17(21)19(27)23-15)24-4-6-28-7-5-24/h2-3,9,11H,4-8,10H2,1H3,(H,22,23,27)/t11-/m1/s1. The fourth-order valence-electron chi connectivity index (χ4n) is 3.75. The predicted octanol–water partition coefficient (Wildman–Crippen LogP) is 1.40. The van der Waals surface area contributed by atoms with Crippen LogP contribution in [0.3, 0.4) is 0 Å². The Balaban J connectivity index is 1.61. The molecule has 1 atom stereocenters. The van der Waals surface area contributed by atoms with Crippen LogP contribution in [0.1, 0.15) is 18.3 Å². The molecule has 1 amide bonds. The third-order valence-corrected chi connectivity index (χ3v) is 5.06. The third kappa shape index (κ3) is 3.37. The minimum absolute atomic E-state index is 0.0734. The van der Waals surface area contributed by atoms with Gasteiger partial charge in [0.25, 0.3) is 5.56 Å². The second-order valence-electron chi connectivity index (χ2n) is 7.02. The molecule has 0 aliphatic carbocycles. The molecule has 1 aromatic carbocycles. The number of aromatic nitrogens is 2. The van der Waals surface area contributed by atoms with Crippen molar-refractivity contribution in [2.75, 3.05) is 36.1 Å². The van der Waals surface area contributed by atoms with Crippen molar-refractivity contribution in [3.63, 3.8) is 0 Å². The van der Waals surface area contributed by atoms with Gasteiger partial charge < -0.3 is 19.5 Å². The maximum atomic E-state index is 14.3. The highest BCUT2D eigenvalue weighted by Gasteiger charge is 2.32. The Morgan fingerprint density at radius 1 is 1.32 bits per heavy atom. The molecule has 1 saturated heterocycles. The number of aromatic amines is 1. The number of carbonyl (C=O) groups is 1. The highest BCUT2D eigenvalue weighted by Crippen LogP contribution is 2.33. The summed E-state index contributed by atoms with van der Waals surface area (Å²) in [4.78, 5) is 34.6. The molecule has 0 radical (unpaired) electrons. The first kappa shape index (κ1) is 18.5. The van der Waals surface area contributed by atoms with E-state index in [0.717, 1.165) is 5.56 Å². The smallest absolute Gasteiger partial charge is 0.289 e. The Hall–Kier alpha value is -2.81. The van der Waals surface area contributed by atoms with Crippen LogP contribution in [0.4, 0.5) is 20.3 Å². The molecule has 2 aliphatic rings. The third-order valence-electron chi connectivity index (χ3n) is 5.06. The lowest BCUT2D eigenvalue weighted by Crippen LogP contribution is -2.40. The van der Waals surface area contributed by atoms with Crippen molar-refractivity contribution in [3.05, 3.63) is 51.6 Å². The van der Waals surface area contributed by atoms with Gasteiger partial charge in [-0.1, -0.05) is 6.07 Å². The summed E-state index contributed by atoms with van der Waals surface area (Å²) in [5.41, 5.74) is 0.493. The number of H-pyrrole nitrogens is 1. The minimum Gasteiger partial charge on any atom is -0.378 e. The molecular formula is C19H20F2N4O3. The molecule has 1 N–H and O–H groups in total. The van der Waals surface area contributed by atoms with Gasteiger partial charge in [0, 0.05) is 19.1 Å². The summed E-state index contributed by atoms with van der Waals surface area (Å²) in [6.45, 7) is 3.52. The lowest BCUT2D eigenvalue weighted by atomic mass is 10.1. The van der Waals surface area contributed by atoms with Gasteiger partial charge in [-0.05, 0) is 31.0 Å². The van der Waals surface area contributed by atoms with Crippen molar-refractivity contribution in [3.8, 4) is 0 Å². The molecule has 28 heavy (non-hydrogen) atoms. The van der Waals surface area contributed by atoms with Gasteiger partial charge in [-0.25, -0.2) is 9.37 Å². The van der Waals surface area contributed by atoms with Crippen LogP contribution in [-0.4, -0.2) is 48.2 Å². The van der Waals surface area contributed by atoms with Gasteiger partial charge >= 0.3 is 0 Å². The topological polar surface area (TPSA) is 78.5 Å². The number of nitrogens with one attached hydrogen (secondary N) is 1. The molecule has 9 heteroatoms. The predicted molar refractivity (Wildman–Crippen MR) is 98.6 cm³/mol. The highest BCUT2D eigenvalue weighted by atomic mass is 19.1. The van der Waals surface area contributed by atoms with Crippen molar-refractivity contribution < 1.29 is 18.3 Å². The van der Waals surface area contributed by atoms with Gasteiger partial charge in [0.05, 0.1) is 25.3 Å². The Bertz CT molecular complexity index is 972. The van der Waals surface area contributed by atoms with E-state index in [2.05, 4.69) is 9.97 Å². The van der Waals surface area contributed by atoms with Crippen molar-refractivity contribution >= 4 is 17.4 Å². The van der Waals surface area contributed by atoms with E-state index < -0.39 is 17.2 Å². The zero-order chi connectivity index (χ0) is 19.8. The van der Waals surface area contributed by atoms with Crippen LogP contribution in [0.5, 0.6) is 0 Å². The van der Waals surface area contributed by atoms with E-state index in [1.807, 2.05) is 6.92 Å². The molecule has 0 unspecified atom stereocenters. The van der Waals surface area contributed by atoms with Crippen LogP contribution in [0, 0.1) is 11.6 Å². The average molecular weight is 390 g/mol. The van der Waals surface area contributed by atoms with Gasteiger partial charge in [0.15, 0.2) is 5.82 Å². The largest absolute Gasteiger partial charge is 0.378 e. The Labute approximate surface area is 159 Å². The van der Waals surface area contributed by atoms with Crippen molar-refractivity contribution in [2.24, 2.45) is 0 Å². The number of amides is 1. The number of morpholine rings is 1. The summed E-state index contributed by atoms with van der Waals surface area (Å²) in [6.07, 6.45) is 0.404. The summed E-state index contributed by atoms with van der Waals surface area (Å²) in [5.74, 6) is -1.72. The first-order valence-electron chi connectivity index (χ1n) is 9.16. The summed E-state index contributed by atoms with van der Waals surface area (Å²) in [7, 11) is 0. The number of ether oxygens (including phenoxy) is 1. The van der Waals surface area contributed by atoms with E-state index in [-0.39, 0.29) is 30.0 Å². The average Bonchev–Trinajstić information content (AvgIpc) is 3.00. The fraction of sp³-hybridized carbons (Fsp3) is 0.421. The lowest BCUT2D eigenvalue weighted by Gasteiger charge is -2.28. The zero-order valence-electron chi connectivity index (χ0n) is 15.4. The van der Waals surface area contributed by atoms with E-state index in [9.17, 15) is 18.4 Å². The van der Waals surface area contributed by atoms with Crippen LogP contribution in [-0.2, 0) is 22.4 Å². The van der Waals surface area contributed by atoms with Gasteiger partial charge in [0.2, 0.25) is 11.7 Å². The van der Waals surface area contributed by atoms with E-state index in [0.29, 0.717) is 38.4 Å². The van der Waals surface area contributed by atoms with Crippen LogP contribution >= 0.6 is 0 Å². The number of halogens is 2. The van der Waals surface area contributed by atoms with E-state index in [4.69, 9.17) is 4.74 Å². The number of hydrogen-bond acceptors (Lipinski definition) is 5. The fourth-order valence-corrected chi connectivity index (χ4v) is 3.75. The Morgan fingerprint density at radius 3 is 2.82 bits per heavy atom. The number of benzene rings is 1. The number of nitrogens with zero attached hydrogens (tertiary/aromatic N) is 3. The number of anilines is 2. The summed E-state index contributed by atoms with van der Waals surface area (Å²) >= 11 is 0. The van der Waals surface area contributed by atoms with Crippen LogP contribution in [0.25, 0.3) is 0 Å². The number of fused-ring (bicyclic) bond motifs is 1. The van der Waals surface area contributed by atoms with E-state index >= 15 is 0 Å². The zero-order valence-corrected chi connectivity index (χ0v) is 15.4. The second kappa shape index (κ2) is 7.31. The molecule has 4 rings (SSSR count). The normalized spacial score (nSPS) is 19.0. The molecule has 0 saturated carbocycles. The SMILES string of the molecule is C[C@@H]1Cc2ccc(F)cc2N1C(=O)Cc1nc(N2CCOCC2)c(F)c(=O)[nH]1. The molecule has 2 aliphatic heterocycles. The highest BCUT2D eigenvalue weighted by molar-refractivity contribution is 5.97. The van der Waals surface area contributed by atoms with Gasteiger partial charge in [-0.15, -0.1) is 0 Å². The number of hydrogen-bond donors (Lipinski definition) is 1. The Kier molecular flexibility index (Phi) is 4.84. The van der Waals surface area contributed by atoms with E-state index in [1.165, 1.54) is 17.0 Å². The first-order valence-corrected chi connectivity index (χ1v) is 9.16. The molecule has 1 aromatic heterocycles. The molecule has 3 heterocycles. The molecule has 0 bridgehead atoms. The molecular weight excluding hydrogens is 370 g/mol. The van der Waals surface area contributed by atoms with Crippen molar-refractivity contribution in [1.29, 1.82) is 0 Å². The van der Waals surface area contributed by atoms with Crippen LogP contribution in [0.15, 0.2) is 23.0 Å². The maximum absolute atomic E-state index is 14.3. The summed E-state index contributed by atoms with van der Waals surface area (Å²) < 4.78 is 33.2. The first-order chi connectivity index (χ1) is 13.4. The van der Waals surface area contributed by atoms with Gasteiger partial charge in [-0.2, -0.15) is 4.39 Å². The van der Waals surface area contributed by atoms with Gasteiger partial charge in [-0.3, -0.25) is 9.59 Å². The summed E-state index contributed by atoms with van der Waals surface area (Å²) in [6, 6.07) is 4.22. The molecule has 148 valence electrons. The van der Waals surface area contributed by atoms with Crippen molar-refractivity contribution in [1.82, 2.24) is 9.97 Å². The summed E-state index contributed by atoms with van der Waals surface area (Å²) in [5, 5.41) is 0. The van der Waals surface area contributed by atoms with Crippen LogP contribution in [0.2, 0.25) is 0 Å². The molecule has 2 aromatic rings. The number of rotatable bonds is 3. The molecule has 7 nitrogen and oxygen atoms in total. The number of carbonyl (C=O) groups excluding carboxylic acids is 1. The van der Waals surface area contributed by atoms with Gasteiger partial charge in [0.1, 0.15) is 11.6 Å². The maximum Gasteiger partial charge on any atom is 0.289 e. The molecule has 1 fully saturated rings. The lowest BCUT2D eigenvalue weighted by molar-refractivity contribution is -0.118. The second-order valence-corrected chi connectivity index (χ2v) is 7.02. The van der Waals surface area contributed by atoms with Crippen LogP contribution < -0.4 is 15.4 Å². The van der Waals surface area contributed by atoms with Crippen molar-refractivity contribution in [2.45, 2.75) is 25.8 Å². The van der Waals surface area contributed by atoms with E-state index in [1.54, 1.807) is 11.0 Å². The minimum atomic E-state index is -0.972. The quantitative estimate of drug-likeness (QED) is 0.857.